The molecule has 1 amide bonds. The Morgan fingerprint density at radius 1 is 1.16 bits per heavy atom. The molecular formula is C19H18F3N5O3S. The van der Waals surface area contributed by atoms with E-state index < -0.39 is 27.8 Å². The first-order valence-corrected chi connectivity index (χ1v) is 10.8. The van der Waals surface area contributed by atoms with Crippen LogP contribution in [0.4, 0.5) is 13.2 Å². The molecule has 8 nitrogen and oxygen atoms in total. The number of sulfonamides is 1. The molecule has 1 saturated heterocycles. The number of halogens is 3. The Labute approximate surface area is 176 Å². The molecule has 0 radical (unpaired) electrons. The van der Waals surface area contributed by atoms with Crippen molar-refractivity contribution < 1.29 is 26.4 Å². The van der Waals surface area contributed by atoms with Crippen LogP contribution in [0, 0.1) is 0 Å². The normalized spacial score (nSPS) is 18.5. The van der Waals surface area contributed by atoms with Crippen LogP contribution in [0.15, 0.2) is 53.8 Å². The lowest BCUT2D eigenvalue weighted by Gasteiger charge is -2.39. The van der Waals surface area contributed by atoms with Crippen molar-refractivity contribution in [2.45, 2.75) is 24.0 Å². The minimum Gasteiger partial charge on any atom is -0.333 e. The number of nitrogens with zero attached hydrogens (tertiary/aromatic N) is 5. The molecule has 0 unspecified atom stereocenters. The standard InChI is InChI=1S/C19H18F3N5O3S/c1-13-12-25(31(29,30)15-5-3-14(4-6-15)19(20,21)22)9-10-26(13)18(28)16-11-24-27-8-2-7-23-17(16)27/h2-8,11,13H,9-10,12H2,1H3/t13-/m0/s1. The summed E-state index contributed by atoms with van der Waals surface area (Å²) in [4.78, 5) is 18.5. The second-order valence-electron chi connectivity index (χ2n) is 7.18. The molecule has 1 aliphatic heterocycles. The summed E-state index contributed by atoms with van der Waals surface area (Å²) >= 11 is 0. The quantitative estimate of drug-likeness (QED) is 0.607. The molecule has 1 atom stereocenters. The molecule has 1 fully saturated rings. The van der Waals surface area contributed by atoms with Gasteiger partial charge in [-0.3, -0.25) is 4.79 Å². The average molecular weight is 453 g/mol. The summed E-state index contributed by atoms with van der Waals surface area (Å²) in [7, 11) is -4.00. The van der Waals surface area contributed by atoms with E-state index in [-0.39, 0.29) is 30.4 Å². The molecule has 0 N–H and O–H groups in total. The summed E-state index contributed by atoms with van der Waals surface area (Å²) in [6.07, 6.45) is 0.0847. The number of aromatic nitrogens is 3. The largest absolute Gasteiger partial charge is 0.416 e. The Hall–Kier alpha value is -2.99. The van der Waals surface area contributed by atoms with Crippen LogP contribution in [-0.4, -0.2) is 63.8 Å². The minimum absolute atomic E-state index is 0.0156. The van der Waals surface area contributed by atoms with Gasteiger partial charge in [0.2, 0.25) is 10.0 Å². The zero-order valence-electron chi connectivity index (χ0n) is 16.3. The average Bonchev–Trinajstić information content (AvgIpc) is 3.17. The maximum absolute atomic E-state index is 13.0. The molecule has 0 spiro atoms. The minimum atomic E-state index is -4.55. The lowest BCUT2D eigenvalue weighted by atomic mass is 10.2. The van der Waals surface area contributed by atoms with Crippen LogP contribution in [0.1, 0.15) is 22.8 Å². The van der Waals surface area contributed by atoms with E-state index in [0.29, 0.717) is 11.2 Å². The molecule has 0 aliphatic carbocycles. The number of carbonyl (C=O) groups is 1. The number of piperazine rings is 1. The number of benzene rings is 1. The van der Waals surface area contributed by atoms with Crippen LogP contribution in [0.25, 0.3) is 5.65 Å². The van der Waals surface area contributed by atoms with Crippen molar-refractivity contribution in [3.8, 4) is 0 Å². The molecule has 4 rings (SSSR count). The van der Waals surface area contributed by atoms with Crippen LogP contribution in [0.5, 0.6) is 0 Å². The highest BCUT2D eigenvalue weighted by Crippen LogP contribution is 2.30. The number of alkyl halides is 3. The van der Waals surface area contributed by atoms with Gasteiger partial charge in [0.25, 0.3) is 5.91 Å². The maximum Gasteiger partial charge on any atom is 0.416 e. The van der Waals surface area contributed by atoms with Gasteiger partial charge in [0.05, 0.1) is 16.7 Å². The van der Waals surface area contributed by atoms with Gasteiger partial charge in [-0.1, -0.05) is 0 Å². The van der Waals surface area contributed by atoms with Gasteiger partial charge in [-0.05, 0) is 37.3 Å². The molecule has 1 aromatic carbocycles. The van der Waals surface area contributed by atoms with E-state index in [1.54, 1.807) is 30.3 Å². The van der Waals surface area contributed by atoms with Crippen molar-refractivity contribution >= 4 is 21.6 Å². The fraction of sp³-hybridized carbons (Fsp3) is 0.316. The third-order valence-electron chi connectivity index (χ3n) is 5.18. The number of hydrogen-bond donors (Lipinski definition) is 0. The summed E-state index contributed by atoms with van der Waals surface area (Å²) in [6.45, 7) is 1.88. The SMILES string of the molecule is C[C@H]1CN(S(=O)(=O)c2ccc(C(F)(F)F)cc2)CCN1C(=O)c1cnn2cccnc12. The summed E-state index contributed by atoms with van der Waals surface area (Å²) < 4.78 is 66.7. The van der Waals surface area contributed by atoms with E-state index in [2.05, 4.69) is 10.1 Å². The Morgan fingerprint density at radius 3 is 2.52 bits per heavy atom. The first kappa shape index (κ1) is 21.2. The van der Waals surface area contributed by atoms with E-state index in [1.807, 2.05) is 0 Å². The summed E-state index contributed by atoms with van der Waals surface area (Å²) in [5.74, 6) is -0.312. The molecule has 3 heterocycles. The zero-order chi connectivity index (χ0) is 22.4. The third-order valence-corrected chi connectivity index (χ3v) is 7.06. The topological polar surface area (TPSA) is 87.9 Å². The monoisotopic (exact) mass is 453 g/mol. The van der Waals surface area contributed by atoms with Gasteiger partial charge in [-0.2, -0.15) is 22.6 Å². The number of rotatable bonds is 3. The highest BCUT2D eigenvalue weighted by molar-refractivity contribution is 7.89. The highest BCUT2D eigenvalue weighted by atomic mass is 32.2. The Balaban J connectivity index is 1.51. The molecule has 3 aromatic rings. The smallest absolute Gasteiger partial charge is 0.333 e. The van der Waals surface area contributed by atoms with Crippen molar-refractivity contribution in [1.82, 2.24) is 23.8 Å². The van der Waals surface area contributed by atoms with Gasteiger partial charge >= 0.3 is 6.18 Å². The summed E-state index contributed by atoms with van der Waals surface area (Å²) in [5.41, 5.74) is -0.205. The van der Waals surface area contributed by atoms with Gasteiger partial charge in [-0.25, -0.2) is 17.9 Å². The van der Waals surface area contributed by atoms with E-state index in [0.717, 1.165) is 24.3 Å². The van der Waals surface area contributed by atoms with Crippen molar-refractivity contribution in [2.24, 2.45) is 0 Å². The second kappa shape index (κ2) is 7.61. The number of amides is 1. The lowest BCUT2D eigenvalue weighted by Crippen LogP contribution is -2.55. The van der Waals surface area contributed by atoms with Crippen molar-refractivity contribution in [2.75, 3.05) is 19.6 Å². The van der Waals surface area contributed by atoms with E-state index >= 15 is 0 Å². The van der Waals surface area contributed by atoms with Crippen molar-refractivity contribution in [1.29, 1.82) is 0 Å². The van der Waals surface area contributed by atoms with Crippen molar-refractivity contribution in [3.05, 3.63) is 60.0 Å². The molecule has 1 aliphatic rings. The maximum atomic E-state index is 13.0. The third kappa shape index (κ3) is 3.88. The Morgan fingerprint density at radius 2 is 1.87 bits per heavy atom. The van der Waals surface area contributed by atoms with Crippen LogP contribution >= 0.6 is 0 Å². The van der Waals surface area contributed by atoms with Crippen LogP contribution < -0.4 is 0 Å². The van der Waals surface area contributed by atoms with Crippen LogP contribution in [-0.2, 0) is 16.2 Å². The first-order chi connectivity index (χ1) is 14.6. The van der Waals surface area contributed by atoms with Crippen LogP contribution in [0.2, 0.25) is 0 Å². The van der Waals surface area contributed by atoms with Crippen molar-refractivity contribution in [3.63, 3.8) is 0 Å². The van der Waals surface area contributed by atoms with E-state index in [9.17, 15) is 26.4 Å². The molecule has 0 bridgehead atoms. The zero-order valence-corrected chi connectivity index (χ0v) is 17.1. The van der Waals surface area contributed by atoms with E-state index in [4.69, 9.17) is 0 Å². The second-order valence-corrected chi connectivity index (χ2v) is 9.12. The molecule has 2 aromatic heterocycles. The summed E-state index contributed by atoms with van der Waals surface area (Å²) in [6, 6.07) is 4.62. The lowest BCUT2D eigenvalue weighted by molar-refractivity contribution is -0.137. The number of hydrogen-bond acceptors (Lipinski definition) is 5. The number of carbonyl (C=O) groups excluding carboxylic acids is 1. The van der Waals surface area contributed by atoms with Gasteiger partial charge in [-0.15, -0.1) is 0 Å². The van der Waals surface area contributed by atoms with Gasteiger partial charge < -0.3 is 4.90 Å². The van der Waals surface area contributed by atoms with E-state index in [1.165, 1.54) is 15.0 Å². The highest BCUT2D eigenvalue weighted by Gasteiger charge is 2.36. The fourth-order valence-electron chi connectivity index (χ4n) is 3.54. The Bertz CT molecular complexity index is 1220. The summed E-state index contributed by atoms with van der Waals surface area (Å²) in [5, 5.41) is 4.10. The van der Waals surface area contributed by atoms with Gasteiger partial charge in [0.15, 0.2) is 5.65 Å². The van der Waals surface area contributed by atoms with Gasteiger partial charge in [0.1, 0.15) is 5.56 Å². The predicted octanol–water partition coefficient (Wildman–Crippen LogP) is 2.28. The molecule has 31 heavy (non-hydrogen) atoms. The molecule has 164 valence electrons. The molecular weight excluding hydrogens is 435 g/mol. The predicted molar refractivity (Wildman–Crippen MR) is 104 cm³/mol. The first-order valence-electron chi connectivity index (χ1n) is 9.36. The number of fused-ring (bicyclic) bond motifs is 1. The van der Waals surface area contributed by atoms with Crippen LogP contribution in [0.3, 0.4) is 0 Å². The Kier molecular flexibility index (Phi) is 5.21. The molecule has 0 saturated carbocycles. The fourth-order valence-corrected chi connectivity index (χ4v) is 5.05. The van der Waals surface area contributed by atoms with Gasteiger partial charge in [0, 0.05) is 38.1 Å². The molecule has 12 heteroatoms.